The van der Waals surface area contributed by atoms with Gasteiger partial charge in [-0.2, -0.15) is 13.2 Å². The Labute approximate surface area is 129 Å². The van der Waals surface area contributed by atoms with Gasteiger partial charge in [0.2, 0.25) is 5.13 Å². The van der Waals surface area contributed by atoms with E-state index >= 15 is 0 Å². The fourth-order valence-electron chi connectivity index (χ4n) is 1.49. The SMILES string of the molecule is CC(C)(C)c1nsc(NC(=O)c2ncccc2OC(F)F)n1. The summed E-state index contributed by atoms with van der Waals surface area (Å²) in [5, 5.41) is 2.75. The first-order chi connectivity index (χ1) is 10.3. The molecule has 0 aliphatic carbocycles. The molecule has 0 radical (unpaired) electrons. The van der Waals surface area contributed by atoms with Crippen LogP contribution < -0.4 is 10.1 Å². The number of nitrogens with zero attached hydrogens (tertiary/aromatic N) is 3. The van der Waals surface area contributed by atoms with Crippen molar-refractivity contribution in [2.75, 3.05) is 5.32 Å². The zero-order valence-electron chi connectivity index (χ0n) is 12.1. The molecule has 22 heavy (non-hydrogen) atoms. The zero-order valence-corrected chi connectivity index (χ0v) is 12.9. The van der Waals surface area contributed by atoms with Crippen molar-refractivity contribution in [1.29, 1.82) is 0 Å². The molecule has 0 saturated heterocycles. The maximum atomic E-state index is 12.3. The number of alkyl halides is 2. The molecule has 0 aliphatic rings. The fraction of sp³-hybridized carbons (Fsp3) is 0.385. The molecule has 0 fully saturated rings. The molecule has 2 rings (SSSR count). The maximum absolute atomic E-state index is 12.3. The summed E-state index contributed by atoms with van der Waals surface area (Å²) in [6, 6.07) is 2.64. The number of pyridine rings is 1. The maximum Gasteiger partial charge on any atom is 0.387 e. The highest BCUT2D eigenvalue weighted by Crippen LogP contribution is 2.24. The molecule has 118 valence electrons. The molecule has 1 amide bonds. The molecule has 0 saturated carbocycles. The third-order valence-corrected chi connectivity index (χ3v) is 3.15. The van der Waals surface area contributed by atoms with Crippen LogP contribution in [0.4, 0.5) is 13.9 Å². The minimum absolute atomic E-state index is 0.240. The Hall–Kier alpha value is -2.16. The van der Waals surface area contributed by atoms with Gasteiger partial charge in [-0.05, 0) is 12.1 Å². The van der Waals surface area contributed by atoms with E-state index in [9.17, 15) is 13.6 Å². The molecule has 0 aliphatic heterocycles. The van der Waals surface area contributed by atoms with Gasteiger partial charge in [0, 0.05) is 23.1 Å². The number of ether oxygens (including phenoxy) is 1. The minimum atomic E-state index is -3.04. The van der Waals surface area contributed by atoms with Gasteiger partial charge in [-0.3, -0.25) is 10.1 Å². The van der Waals surface area contributed by atoms with Crippen molar-refractivity contribution in [2.45, 2.75) is 32.8 Å². The lowest BCUT2D eigenvalue weighted by atomic mass is 9.96. The number of carbonyl (C=O) groups is 1. The van der Waals surface area contributed by atoms with Crippen molar-refractivity contribution in [3.8, 4) is 5.75 Å². The molecule has 2 aromatic rings. The number of aromatic nitrogens is 3. The van der Waals surface area contributed by atoms with Crippen LogP contribution in [0.5, 0.6) is 5.75 Å². The average Bonchev–Trinajstić information content (AvgIpc) is 2.87. The number of amides is 1. The lowest BCUT2D eigenvalue weighted by molar-refractivity contribution is -0.0503. The molecule has 1 N–H and O–H groups in total. The van der Waals surface area contributed by atoms with Crippen LogP contribution in [0.2, 0.25) is 0 Å². The van der Waals surface area contributed by atoms with Crippen LogP contribution in [0, 0.1) is 0 Å². The number of carbonyl (C=O) groups excluding carboxylic acids is 1. The van der Waals surface area contributed by atoms with Gasteiger partial charge < -0.3 is 4.74 Å². The van der Waals surface area contributed by atoms with Crippen molar-refractivity contribution < 1.29 is 18.3 Å². The molecule has 0 aromatic carbocycles. The lowest BCUT2D eigenvalue weighted by Crippen LogP contribution is -2.17. The van der Waals surface area contributed by atoms with Crippen LogP contribution in [0.3, 0.4) is 0 Å². The summed E-state index contributed by atoms with van der Waals surface area (Å²) in [6.07, 6.45) is 1.31. The minimum Gasteiger partial charge on any atom is -0.432 e. The Morgan fingerprint density at radius 1 is 1.41 bits per heavy atom. The highest BCUT2D eigenvalue weighted by atomic mass is 32.1. The van der Waals surface area contributed by atoms with E-state index in [1.807, 2.05) is 20.8 Å². The summed E-state index contributed by atoms with van der Waals surface area (Å²) in [6.45, 7) is 2.78. The molecular weight excluding hydrogens is 314 g/mol. The first-order valence-electron chi connectivity index (χ1n) is 6.33. The Bertz CT molecular complexity index is 670. The average molecular weight is 328 g/mol. The summed E-state index contributed by atoms with van der Waals surface area (Å²) in [4.78, 5) is 20.1. The van der Waals surface area contributed by atoms with Gasteiger partial charge in [-0.15, -0.1) is 0 Å². The molecule has 0 bridgehead atoms. The van der Waals surface area contributed by atoms with Gasteiger partial charge in [0.15, 0.2) is 11.4 Å². The predicted molar refractivity (Wildman–Crippen MR) is 77.4 cm³/mol. The quantitative estimate of drug-likeness (QED) is 0.933. The third kappa shape index (κ3) is 3.94. The summed E-state index contributed by atoms with van der Waals surface area (Å²) >= 11 is 1.01. The monoisotopic (exact) mass is 328 g/mol. The van der Waals surface area contributed by atoms with Crippen molar-refractivity contribution >= 4 is 22.6 Å². The van der Waals surface area contributed by atoms with E-state index < -0.39 is 12.5 Å². The number of halogens is 2. The van der Waals surface area contributed by atoms with E-state index in [0.717, 1.165) is 11.5 Å². The number of anilines is 1. The largest absolute Gasteiger partial charge is 0.432 e. The smallest absolute Gasteiger partial charge is 0.387 e. The van der Waals surface area contributed by atoms with E-state index in [1.54, 1.807) is 0 Å². The first-order valence-corrected chi connectivity index (χ1v) is 7.10. The second kappa shape index (κ2) is 6.30. The Balaban J connectivity index is 2.18. The normalized spacial score (nSPS) is 11.5. The molecule has 9 heteroatoms. The van der Waals surface area contributed by atoms with Crippen molar-refractivity contribution in [1.82, 2.24) is 14.3 Å². The molecule has 2 heterocycles. The van der Waals surface area contributed by atoms with E-state index in [2.05, 4.69) is 24.4 Å². The second-order valence-electron chi connectivity index (χ2n) is 5.36. The lowest BCUT2D eigenvalue weighted by Gasteiger charge is -2.12. The Morgan fingerprint density at radius 3 is 2.73 bits per heavy atom. The second-order valence-corrected chi connectivity index (χ2v) is 6.11. The van der Waals surface area contributed by atoms with Gasteiger partial charge in [0.05, 0.1) is 0 Å². The van der Waals surface area contributed by atoms with Gasteiger partial charge in [0.25, 0.3) is 5.91 Å². The van der Waals surface area contributed by atoms with Gasteiger partial charge in [-0.1, -0.05) is 20.8 Å². The van der Waals surface area contributed by atoms with E-state index in [0.29, 0.717) is 5.82 Å². The van der Waals surface area contributed by atoms with Crippen LogP contribution in [0.15, 0.2) is 18.3 Å². The molecule has 0 atom stereocenters. The molecule has 0 spiro atoms. The third-order valence-electron chi connectivity index (χ3n) is 2.52. The van der Waals surface area contributed by atoms with Crippen LogP contribution in [-0.4, -0.2) is 26.9 Å². The first kappa shape index (κ1) is 16.2. The number of hydrogen-bond donors (Lipinski definition) is 1. The van der Waals surface area contributed by atoms with E-state index in [1.165, 1.54) is 18.3 Å². The van der Waals surface area contributed by atoms with Crippen LogP contribution in [0.1, 0.15) is 37.1 Å². The highest BCUT2D eigenvalue weighted by Gasteiger charge is 2.22. The Morgan fingerprint density at radius 2 is 2.14 bits per heavy atom. The number of hydrogen-bond acceptors (Lipinski definition) is 6. The highest BCUT2D eigenvalue weighted by molar-refractivity contribution is 7.09. The standard InChI is InChI=1S/C13H14F2N4O2S/c1-13(2,3)10-18-12(22-19-10)17-9(20)8-7(21-11(14)15)5-4-6-16-8/h4-6,11H,1-3H3,(H,17,18,19,20). The topological polar surface area (TPSA) is 77.0 Å². The summed E-state index contributed by atoms with van der Waals surface area (Å²) in [5.41, 5.74) is -0.496. The van der Waals surface area contributed by atoms with Crippen molar-refractivity contribution in [2.24, 2.45) is 0 Å². The van der Waals surface area contributed by atoms with Crippen molar-refractivity contribution in [3.05, 3.63) is 29.8 Å². The van der Waals surface area contributed by atoms with Gasteiger partial charge in [-0.25, -0.2) is 9.97 Å². The van der Waals surface area contributed by atoms with Crippen molar-refractivity contribution in [3.63, 3.8) is 0 Å². The van der Waals surface area contributed by atoms with E-state index in [-0.39, 0.29) is 22.0 Å². The molecule has 2 aromatic heterocycles. The van der Waals surface area contributed by atoms with Gasteiger partial charge in [0.1, 0.15) is 5.82 Å². The Kier molecular flexibility index (Phi) is 4.65. The molecule has 0 unspecified atom stereocenters. The predicted octanol–water partition coefficient (Wildman–Crippen LogP) is 3.08. The van der Waals surface area contributed by atoms with Crippen LogP contribution in [-0.2, 0) is 5.41 Å². The summed E-state index contributed by atoms with van der Waals surface area (Å²) in [7, 11) is 0. The number of nitrogens with one attached hydrogen (secondary N) is 1. The molecular formula is C13H14F2N4O2S. The number of rotatable bonds is 4. The van der Waals surface area contributed by atoms with Crippen LogP contribution in [0.25, 0.3) is 0 Å². The summed E-state index contributed by atoms with van der Waals surface area (Å²) in [5.74, 6) is -0.402. The fourth-order valence-corrected chi connectivity index (χ4v) is 2.24. The summed E-state index contributed by atoms with van der Waals surface area (Å²) < 4.78 is 33.1. The van der Waals surface area contributed by atoms with E-state index in [4.69, 9.17) is 0 Å². The van der Waals surface area contributed by atoms with Gasteiger partial charge >= 0.3 is 6.61 Å². The molecule has 6 nitrogen and oxygen atoms in total. The zero-order chi connectivity index (χ0) is 16.3. The van der Waals surface area contributed by atoms with Crippen LogP contribution >= 0.6 is 11.5 Å².